The van der Waals surface area contributed by atoms with Crippen LogP contribution in [0.25, 0.3) is 0 Å². The number of nitrogens with zero attached hydrogens (tertiary/aromatic N) is 1. The zero-order chi connectivity index (χ0) is 18.6. The van der Waals surface area contributed by atoms with Gasteiger partial charge in [0.1, 0.15) is 12.7 Å². The molecule has 2 N–H and O–H groups in total. The molecule has 1 amide bonds. The lowest BCUT2D eigenvalue weighted by Crippen LogP contribution is -2.53. The average molecular weight is 384 g/mol. The van der Waals surface area contributed by atoms with Crippen molar-refractivity contribution in [1.29, 1.82) is 0 Å². The lowest BCUT2D eigenvalue weighted by molar-refractivity contribution is -0.155. The van der Waals surface area contributed by atoms with Gasteiger partial charge >= 0.3 is 21.5 Å². The summed E-state index contributed by atoms with van der Waals surface area (Å²) in [5.74, 6) is -0.646. The predicted molar refractivity (Wildman–Crippen MR) is 74.4 cm³/mol. The summed E-state index contributed by atoms with van der Waals surface area (Å²) in [6, 6.07) is 0. The van der Waals surface area contributed by atoms with Gasteiger partial charge < -0.3 is 9.47 Å². The second-order valence-corrected chi connectivity index (χ2v) is 7.98. The molecule has 25 heavy (non-hydrogen) atoms. The van der Waals surface area contributed by atoms with Gasteiger partial charge in [-0.1, -0.05) is 12.2 Å². The molecule has 0 spiro atoms. The fourth-order valence-corrected chi connectivity index (χ4v) is 3.87. The van der Waals surface area contributed by atoms with E-state index in [9.17, 15) is 31.2 Å². The molecule has 0 radical (unpaired) electrons. The zero-order valence-electron chi connectivity index (χ0n) is 12.7. The van der Waals surface area contributed by atoms with E-state index in [0.717, 1.165) is 0 Å². The van der Waals surface area contributed by atoms with Crippen molar-refractivity contribution in [2.45, 2.75) is 18.0 Å². The highest BCUT2D eigenvalue weighted by Gasteiger charge is 2.58. The van der Waals surface area contributed by atoms with Gasteiger partial charge in [-0.05, 0) is 18.3 Å². The molecule has 3 aliphatic rings. The summed E-state index contributed by atoms with van der Waals surface area (Å²) in [4.78, 5) is 24.6. The normalized spacial score (nSPS) is 33.4. The molecule has 3 rings (SSSR count). The largest absolute Gasteiger partial charge is 0.518 e. The van der Waals surface area contributed by atoms with E-state index in [0.29, 0.717) is 13.0 Å². The average Bonchev–Trinajstić information content (AvgIpc) is 3.14. The van der Waals surface area contributed by atoms with Crippen molar-refractivity contribution in [3.63, 3.8) is 0 Å². The fourth-order valence-electron chi connectivity index (χ4n) is 3.29. The summed E-state index contributed by atoms with van der Waals surface area (Å²) in [7, 11) is -6.03. The van der Waals surface area contributed by atoms with Crippen molar-refractivity contribution in [1.82, 2.24) is 4.41 Å². The monoisotopic (exact) mass is 384 g/mol. The quantitative estimate of drug-likeness (QED) is 0.176. The number of fused-ring (bicyclic) bond motifs is 2. The minimum atomic E-state index is -6.03. The Morgan fingerprint density at radius 1 is 1.24 bits per heavy atom. The number of ether oxygens (including phenoxy) is 2. The summed E-state index contributed by atoms with van der Waals surface area (Å²) in [6.45, 7) is 0.414. The number of rotatable bonds is 5. The van der Waals surface area contributed by atoms with Crippen molar-refractivity contribution in [3.05, 3.63) is 12.2 Å². The molecule has 5 unspecified atom stereocenters. The second kappa shape index (κ2) is 5.95. The molecular formula is C13H15F3N2O6S. The van der Waals surface area contributed by atoms with Gasteiger partial charge in [-0.15, -0.1) is 0 Å². The van der Waals surface area contributed by atoms with Crippen LogP contribution in [-0.2, 0) is 29.1 Å². The van der Waals surface area contributed by atoms with Crippen molar-refractivity contribution >= 4 is 21.9 Å². The van der Waals surface area contributed by atoms with Gasteiger partial charge in [0, 0.05) is 0 Å². The number of halogens is 3. The summed E-state index contributed by atoms with van der Waals surface area (Å²) in [6.07, 6.45) is 3.38. The number of esters is 1. The molecule has 0 aromatic heterocycles. The first-order valence-corrected chi connectivity index (χ1v) is 8.84. The molecule has 1 saturated carbocycles. The van der Waals surface area contributed by atoms with Crippen LogP contribution in [0, 0.1) is 23.7 Å². The summed E-state index contributed by atoms with van der Waals surface area (Å²) in [5, 5.41) is 0. The molecule has 2 aliphatic carbocycles. The maximum absolute atomic E-state index is 12.6. The third-order valence-electron chi connectivity index (χ3n) is 4.60. The number of hydrazine groups is 1. The molecule has 2 bridgehead atoms. The van der Waals surface area contributed by atoms with Crippen LogP contribution in [0.3, 0.4) is 0 Å². The Kier molecular flexibility index (Phi) is 4.32. The second-order valence-electron chi connectivity index (χ2n) is 6.17. The molecule has 0 aromatic rings. The summed E-state index contributed by atoms with van der Waals surface area (Å²) in [5.41, 5.74) is -5.72. The molecule has 2 fully saturated rings. The highest BCUT2D eigenvalue weighted by molar-refractivity contribution is 7.90. The smallest absolute Gasteiger partial charge is 0.463 e. The van der Waals surface area contributed by atoms with Crippen LogP contribution >= 0.6 is 0 Å². The van der Waals surface area contributed by atoms with E-state index in [4.69, 9.17) is 15.3 Å². The molecule has 0 aromatic carbocycles. The minimum Gasteiger partial charge on any atom is -0.463 e. The number of hydrogen-bond acceptors (Lipinski definition) is 7. The van der Waals surface area contributed by atoms with Crippen molar-refractivity contribution in [2.24, 2.45) is 29.5 Å². The Bertz CT molecular complexity index is 718. The number of nitrogens with two attached hydrogens (primary N) is 1. The number of allylic oxidation sites excluding steroid dienone is 2. The first kappa shape index (κ1) is 18.1. The molecule has 12 heteroatoms. The van der Waals surface area contributed by atoms with Crippen LogP contribution in [-0.4, -0.2) is 49.5 Å². The van der Waals surface area contributed by atoms with Gasteiger partial charge in [0.15, 0.2) is 0 Å². The van der Waals surface area contributed by atoms with Gasteiger partial charge in [-0.3, -0.25) is 9.59 Å². The number of sulfonamides is 1. The molecule has 8 nitrogen and oxygen atoms in total. The van der Waals surface area contributed by atoms with Gasteiger partial charge in [0.25, 0.3) is 5.91 Å². The van der Waals surface area contributed by atoms with Crippen molar-refractivity contribution in [3.8, 4) is 0 Å². The lowest BCUT2D eigenvalue weighted by atomic mass is 9.82. The Labute approximate surface area is 140 Å². The molecule has 5 atom stereocenters. The number of hydrogen-bond donors (Lipinski definition) is 1. The maximum atomic E-state index is 12.6. The number of epoxide rings is 1. The third-order valence-corrected chi connectivity index (χ3v) is 5.88. The van der Waals surface area contributed by atoms with E-state index >= 15 is 0 Å². The number of alkyl halides is 3. The summed E-state index contributed by atoms with van der Waals surface area (Å²) < 4.78 is 69.7. The first-order chi connectivity index (χ1) is 11.5. The molecule has 1 saturated heterocycles. The number of amides is 1. The molecule has 1 aliphatic heterocycles. The molecular weight excluding hydrogens is 369 g/mol. The van der Waals surface area contributed by atoms with E-state index in [1.165, 1.54) is 0 Å². The van der Waals surface area contributed by atoms with Crippen molar-refractivity contribution in [2.75, 3.05) is 13.2 Å². The topological polar surface area (TPSA) is 119 Å². The third kappa shape index (κ3) is 3.13. The highest BCUT2D eigenvalue weighted by atomic mass is 32.2. The van der Waals surface area contributed by atoms with Crippen LogP contribution in [0.4, 0.5) is 13.2 Å². The lowest BCUT2D eigenvalue weighted by Gasteiger charge is -2.28. The standard InChI is InChI=1S/C13H15F3N2O6S/c14-13(15,16)25(21,22)18(17)11(19)9-6-1-2-7(3-6)10(9)12(20)24-5-8-4-23-8/h1-2,6-10H,3-5,17H2. The van der Waals surface area contributed by atoms with Crippen LogP contribution < -0.4 is 5.84 Å². The van der Waals surface area contributed by atoms with E-state index in [2.05, 4.69) is 0 Å². The predicted octanol–water partition coefficient (Wildman–Crippen LogP) is -0.0814. The Balaban J connectivity index is 1.79. The maximum Gasteiger partial charge on any atom is 0.518 e. The van der Waals surface area contributed by atoms with Gasteiger partial charge in [-0.25, -0.2) is 5.84 Å². The van der Waals surface area contributed by atoms with E-state index in [1.54, 1.807) is 12.2 Å². The number of carbonyl (C=O) groups excluding carboxylic acids is 2. The van der Waals surface area contributed by atoms with Gasteiger partial charge in [0.05, 0.1) is 18.4 Å². The number of carbonyl (C=O) groups is 2. The Morgan fingerprint density at radius 3 is 2.32 bits per heavy atom. The SMILES string of the molecule is NN(C(=O)C1C2C=CC(C2)C1C(=O)OCC1CO1)S(=O)(=O)C(F)(F)F. The van der Waals surface area contributed by atoms with Crippen LogP contribution in [0.2, 0.25) is 0 Å². The van der Waals surface area contributed by atoms with E-state index in [-0.39, 0.29) is 12.7 Å². The van der Waals surface area contributed by atoms with Crippen LogP contribution in [0.1, 0.15) is 6.42 Å². The molecule has 140 valence electrons. The van der Waals surface area contributed by atoms with Gasteiger partial charge in [0.2, 0.25) is 0 Å². The van der Waals surface area contributed by atoms with Gasteiger partial charge in [-0.2, -0.15) is 26.0 Å². The zero-order valence-corrected chi connectivity index (χ0v) is 13.5. The van der Waals surface area contributed by atoms with E-state index in [1.807, 2.05) is 0 Å². The van der Waals surface area contributed by atoms with Crippen LogP contribution in [0.15, 0.2) is 12.2 Å². The minimum absolute atomic E-state index is 0.0233. The van der Waals surface area contributed by atoms with Crippen LogP contribution in [0.5, 0.6) is 0 Å². The van der Waals surface area contributed by atoms with Crippen molar-refractivity contribution < 1.29 is 40.7 Å². The van der Waals surface area contributed by atoms with E-state index < -0.39 is 55.5 Å². The Hall–Kier alpha value is -1.66. The Morgan fingerprint density at radius 2 is 1.80 bits per heavy atom. The molecule has 1 heterocycles. The first-order valence-electron chi connectivity index (χ1n) is 7.40. The fraction of sp³-hybridized carbons (Fsp3) is 0.692. The summed E-state index contributed by atoms with van der Waals surface area (Å²) >= 11 is 0. The highest BCUT2D eigenvalue weighted by Crippen LogP contribution is 2.49.